The van der Waals surface area contributed by atoms with Crippen LogP contribution in [0, 0.1) is 0 Å². The van der Waals surface area contributed by atoms with E-state index in [4.69, 9.17) is 28.2 Å². The van der Waals surface area contributed by atoms with Crippen LogP contribution in [0.25, 0.3) is 6.08 Å². The van der Waals surface area contributed by atoms with E-state index in [1.807, 2.05) is 42.5 Å². The molecule has 1 aliphatic heterocycles. The Morgan fingerprint density at radius 2 is 1.63 bits per heavy atom. The van der Waals surface area contributed by atoms with Gasteiger partial charge in [-0.15, -0.1) is 0 Å². The third kappa shape index (κ3) is 7.81. The van der Waals surface area contributed by atoms with Gasteiger partial charge >= 0.3 is 5.97 Å². The smallest absolute Gasteiger partial charge is 0.335 e. The molecule has 0 saturated heterocycles. The molecule has 238 valence electrons. The first-order valence-corrected chi connectivity index (χ1v) is 17.2. The first-order valence-electron chi connectivity index (χ1n) is 15.0. The fourth-order valence-corrected chi connectivity index (χ4v) is 6.99. The molecule has 4 aromatic rings. The molecule has 0 aromatic heterocycles. The average molecular weight is 677 g/mol. The van der Waals surface area contributed by atoms with Crippen molar-refractivity contribution < 1.29 is 18.3 Å². The number of hydrogen-bond acceptors (Lipinski definition) is 5. The van der Waals surface area contributed by atoms with Gasteiger partial charge in [-0.05, 0) is 89.7 Å². The molecule has 0 saturated carbocycles. The number of aliphatic imine (C=N–C) groups is 1. The molecule has 0 spiro atoms. The standard InChI is InChI=1S/C36H35Cl2N3O4S/c1-3-4-5-25-10-18-31(19-11-25)46(44,45)40(2)30-16-8-26(9-17-30)12-21-35-39-34(32-20-15-29(37)22-33(32)38)24-41(35)23-27-6-13-28(14-7-27)36(42)43/h6-22,34H,3-5,23-24H2,1-2H3,(H,42,43)/b21-12+. The molecule has 46 heavy (non-hydrogen) atoms. The molecule has 0 aliphatic carbocycles. The van der Waals surface area contributed by atoms with E-state index >= 15 is 0 Å². The molecule has 1 N–H and O–H groups in total. The Balaban J connectivity index is 1.34. The van der Waals surface area contributed by atoms with Crippen molar-refractivity contribution in [1.82, 2.24) is 4.90 Å². The zero-order chi connectivity index (χ0) is 32.8. The third-order valence-electron chi connectivity index (χ3n) is 7.98. The molecule has 1 atom stereocenters. The summed E-state index contributed by atoms with van der Waals surface area (Å²) in [4.78, 5) is 18.6. The molecule has 0 amide bonds. The first kappa shape index (κ1) is 33.3. The highest BCUT2D eigenvalue weighted by Gasteiger charge is 2.27. The number of anilines is 1. The van der Waals surface area contributed by atoms with Gasteiger partial charge in [0.1, 0.15) is 5.84 Å². The Kier molecular flexibility index (Phi) is 10.5. The zero-order valence-corrected chi connectivity index (χ0v) is 27.9. The lowest BCUT2D eigenvalue weighted by molar-refractivity contribution is 0.0697. The maximum Gasteiger partial charge on any atom is 0.335 e. The number of carbonyl (C=O) groups is 1. The molecule has 10 heteroatoms. The summed E-state index contributed by atoms with van der Waals surface area (Å²) in [7, 11) is -2.16. The summed E-state index contributed by atoms with van der Waals surface area (Å²) in [6, 6.07) is 26.4. The monoisotopic (exact) mass is 675 g/mol. The number of hydrogen-bond donors (Lipinski definition) is 1. The number of aromatic carboxylic acids is 1. The van der Waals surface area contributed by atoms with Gasteiger partial charge in [-0.2, -0.15) is 0 Å². The van der Waals surface area contributed by atoms with E-state index in [0.29, 0.717) is 28.8 Å². The van der Waals surface area contributed by atoms with Gasteiger partial charge in [0.2, 0.25) is 0 Å². The maximum atomic E-state index is 13.3. The van der Waals surface area contributed by atoms with E-state index in [2.05, 4.69) is 11.8 Å². The molecule has 5 rings (SSSR count). The Labute approximate surface area is 280 Å². The van der Waals surface area contributed by atoms with E-state index in [9.17, 15) is 18.3 Å². The number of halogens is 2. The topological polar surface area (TPSA) is 90.3 Å². The first-order chi connectivity index (χ1) is 22.0. The van der Waals surface area contributed by atoms with Gasteiger partial charge < -0.3 is 10.0 Å². The summed E-state index contributed by atoms with van der Waals surface area (Å²) in [5, 5.41) is 10.4. The molecule has 1 heterocycles. The molecular weight excluding hydrogens is 641 g/mol. The van der Waals surface area contributed by atoms with Gasteiger partial charge in [-0.1, -0.05) is 85.1 Å². The number of carboxylic acids is 1. The van der Waals surface area contributed by atoms with Crippen molar-refractivity contribution in [2.75, 3.05) is 17.9 Å². The highest BCUT2D eigenvalue weighted by molar-refractivity contribution is 7.92. The fourth-order valence-electron chi connectivity index (χ4n) is 5.26. The predicted molar refractivity (Wildman–Crippen MR) is 187 cm³/mol. The summed E-state index contributed by atoms with van der Waals surface area (Å²) in [6.07, 6.45) is 6.94. The van der Waals surface area contributed by atoms with Crippen LogP contribution in [-0.2, 0) is 23.0 Å². The van der Waals surface area contributed by atoms with Gasteiger partial charge in [0.15, 0.2) is 0 Å². The number of carboxylic acid groups (broad SMARTS) is 1. The third-order valence-corrected chi connectivity index (χ3v) is 10.3. The second-order valence-corrected chi connectivity index (χ2v) is 14.0. The number of benzene rings is 4. The predicted octanol–water partition coefficient (Wildman–Crippen LogP) is 8.53. The summed E-state index contributed by atoms with van der Waals surface area (Å²) < 4.78 is 27.9. The number of unbranched alkanes of at least 4 members (excludes halogenated alkanes) is 1. The Morgan fingerprint density at radius 1 is 0.957 bits per heavy atom. The van der Waals surface area contributed by atoms with Crippen molar-refractivity contribution in [3.63, 3.8) is 0 Å². The maximum absolute atomic E-state index is 13.3. The van der Waals surface area contributed by atoms with E-state index in [1.54, 1.807) is 67.7 Å². The quantitative estimate of drug-likeness (QED) is 0.163. The molecule has 0 fully saturated rings. The SMILES string of the molecule is CCCCc1ccc(S(=O)(=O)N(C)c2ccc(/C=C/C3=NC(c4ccc(Cl)cc4Cl)CN3Cc3ccc(C(=O)O)cc3)cc2)cc1. The summed E-state index contributed by atoms with van der Waals surface area (Å²) >= 11 is 12.7. The van der Waals surface area contributed by atoms with Gasteiger partial charge in [0.05, 0.1) is 22.2 Å². The minimum absolute atomic E-state index is 0.218. The van der Waals surface area contributed by atoms with E-state index < -0.39 is 16.0 Å². The molecule has 1 unspecified atom stereocenters. The van der Waals surface area contributed by atoms with Crippen molar-refractivity contribution in [2.45, 2.75) is 43.7 Å². The van der Waals surface area contributed by atoms with Crippen molar-refractivity contribution in [3.05, 3.63) is 135 Å². The largest absolute Gasteiger partial charge is 0.478 e. The number of nitrogens with zero attached hydrogens (tertiary/aromatic N) is 3. The summed E-state index contributed by atoms with van der Waals surface area (Å²) in [6.45, 7) is 3.22. The molecule has 0 radical (unpaired) electrons. The summed E-state index contributed by atoms with van der Waals surface area (Å²) in [5.74, 6) is -0.230. The highest BCUT2D eigenvalue weighted by atomic mass is 35.5. The number of sulfonamides is 1. The highest BCUT2D eigenvalue weighted by Crippen LogP contribution is 2.33. The average Bonchev–Trinajstić information content (AvgIpc) is 3.44. The normalized spacial score (nSPS) is 14.9. The Bertz CT molecular complexity index is 1860. The minimum Gasteiger partial charge on any atom is -0.478 e. The van der Waals surface area contributed by atoms with Crippen molar-refractivity contribution in [3.8, 4) is 0 Å². The minimum atomic E-state index is -3.71. The molecule has 7 nitrogen and oxygen atoms in total. The van der Waals surface area contributed by atoms with Gasteiger partial charge in [0, 0.05) is 30.2 Å². The lowest BCUT2D eigenvalue weighted by Gasteiger charge is -2.20. The van der Waals surface area contributed by atoms with Crippen LogP contribution in [0.15, 0.2) is 107 Å². The van der Waals surface area contributed by atoms with Gasteiger partial charge in [0.25, 0.3) is 10.0 Å². The second-order valence-electron chi connectivity index (χ2n) is 11.2. The van der Waals surface area contributed by atoms with Crippen LogP contribution in [0.1, 0.15) is 58.4 Å². The number of aryl methyl sites for hydroxylation is 1. The van der Waals surface area contributed by atoms with Crippen molar-refractivity contribution in [2.24, 2.45) is 4.99 Å². The molecule has 1 aliphatic rings. The van der Waals surface area contributed by atoms with Crippen LogP contribution in [0.2, 0.25) is 10.0 Å². The van der Waals surface area contributed by atoms with Gasteiger partial charge in [-0.25, -0.2) is 13.2 Å². The second kappa shape index (κ2) is 14.5. The summed E-state index contributed by atoms with van der Waals surface area (Å²) in [5.41, 5.74) is 4.59. The van der Waals surface area contributed by atoms with Crippen LogP contribution in [0.5, 0.6) is 0 Å². The fraction of sp³-hybridized carbons (Fsp3) is 0.222. The number of amidine groups is 1. The molecule has 4 aromatic carbocycles. The van der Waals surface area contributed by atoms with Crippen molar-refractivity contribution >= 4 is 56.8 Å². The molecular formula is C36H35Cl2N3O4S. The lowest BCUT2D eigenvalue weighted by atomic mass is 10.1. The van der Waals surface area contributed by atoms with Gasteiger partial charge in [-0.3, -0.25) is 9.30 Å². The van der Waals surface area contributed by atoms with E-state index in [0.717, 1.165) is 47.4 Å². The van der Waals surface area contributed by atoms with Crippen LogP contribution in [-0.4, -0.2) is 43.8 Å². The van der Waals surface area contributed by atoms with E-state index in [-0.39, 0.29) is 16.5 Å². The molecule has 0 bridgehead atoms. The van der Waals surface area contributed by atoms with Crippen LogP contribution >= 0.6 is 23.2 Å². The number of rotatable bonds is 12. The van der Waals surface area contributed by atoms with Crippen LogP contribution in [0.3, 0.4) is 0 Å². The van der Waals surface area contributed by atoms with E-state index in [1.165, 1.54) is 4.31 Å². The van der Waals surface area contributed by atoms with Crippen LogP contribution < -0.4 is 4.31 Å². The van der Waals surface area contributed by atoms with Crippen molar-refractivity contribution in [1.29, 1.82) is 0 Å². The Morgan fingerprint density at radius 3 is 2.26 bits per heavy atom. The van der Waals surface area contributed by atoms with Crippen LogP contribution in [0.4, 0.5) is 5.69 Å². The zero-order valence-electron chi connectivity index (χ0n) is 25.6. The lowest BCUT2D eigenvalue weighted by Crippen LogP contribution is -2.26. The Hall–Kier alpha value is -4.11.